The van der Waals surface area contributed by atoms with Crippen LogP contribution in [-0.4, -0.2) is 51.3 Å². The number of hydrogen-bond donors (Lipinski definition) is 2. The lowest BCUT2D eigenvalue weighted by Gasteiger charge is -2.58. The first-order valence-electron chi connectivity index (χ1n) is 16.2. The smallest absolute Gasteiger partial charge is 0.329 e. The zero-order valence-corrected chi connectivity index (χ0v) is 26.9. The number of H-pyrrole nitrogens is 1. The molecule has 238 valence electrons. The highest BCUT2D eigenvalue weighted by atomic mass is 35.5. The molecule has 4 saturated carbocycles. The molecule has 1 amide bonds. The van der Waals surface area contributed by atoms with Gasteiger partial charge in [-0.1, -0.05) is 30.3 Å². The van der Waals surface area contributed by atoms with Crippen LogP contribution in [0, 0.1) is 23.2 Å². The number of carbonyl (C=O) groups excluding carboxylic acids is 3. The van der Waals surface area contributed by atoms with E-state index >= 15 is 0 Å². The summed E-state index contributed by atoms with van der Waals surface area (Å²) in [5.41, 5.74) is 9.24. The first-order valence-corrected chi connectivity index (χ1v) is 16.7. The molecule has 0 radical (unpaired) electrons. The Balaban J connectivity index is 1.19. The van der Waals surface area contributed by atoms with Gasteiger partial charge in [-0.2, -0.15) is 0 Å². The van der Waals surface area contributed by atoms with Crippen LogP contribution in [0.5, 0.6) is 5.75 Å². The monoisotopic (exact) mass is 631 g/mol. The van der Waals surface area contributed by atoms with E-state index in [1.807, 2.05) is 57.2 Å². The van der Waals surface area contributed by atoms with Gasteiger partial charge in [0.25, 0.3) is 0 Å². The van der Waals surface area contributed by atoms with E-state index in [4.69, 9.17) is 26.8 Å². The number of alkyl halides is 1. The molecule has 4 fully saturated rings. The number of nitrogens with two attached hydrogens (primary N) is 1. The average Bonchev–Trinajstić information content (AvgIpc) is 3.36. The van der Waals surface area contributed by atoms with Crippen LogP contribution in [-0.2, 0) is 25.5 Å². The fourth-order valence-electron chi connectivity index (χ4n) is 9.27. The number of para-hydroxylation sites is 1. The fraction of sp³-hybridized carbons (Fsp3) is 0.528. The number of esters is 2. The minimum absolute atomic E-state index is 0.154. The van der Waals surface area contributed by atoms with Crippen LogP contribution in [0.2, 0.25) is 0 Å². The number of hydrogen-bond acceptors (Lipinski definition) is 6. The van der Waals surface area contributed by atoms with Crippen LogP contribution in [0.1, 0.15) is 82.2 Å². The van der Waals surface area contributed by atoms with Crippen molar-refractivity contribution in [3.05, 3.63) is 65.4 Å². The molecule has 9 heteroatoms. The van der Waals surface area contributed by atoms with Crippen molar-refractivity contribution in [2.45, 2.75) is 89.4 Å². The van der Waals surface area contributed by atoms with Gasteiger partial charge in [-0.15, -0.1) is 11.6 Å². The van der Waals surface area contributed by atoms with Gasteiger partial charge >= 0.3 is 11.9 Å². The first-order chi connectivity index (χ1) is 21.4. The molecular formula is C36H42ClN3O5. The maximum absolute atomic E-state index is 13.6. The largest absolute Gasteiger partial charge is 0.458 e. The number of halogens is 1. The Bertz CT molecular complexity index is 1600. The number of aromatic nitrogens is 1. The summed E-state index contributed by atoms with van der Waals surface area (Å²) in [6.45, 7) is 5.43. The molecule has 3 aromatic rings. The van der Waals surface area contributed by atoms with E-state index < -0.39 is 29.7 Å². The van der Waals surface area contributed by atoms with Crippen molar-refractivity contribution in [2.75, 3.05) is 5.88 Å². The van der Waals surface area contributed by atoms with Gasteiger partial charge in [-0.25, -0.2) is 9.59 Å². The molecule has 0 spiro atoms. The highest BCUT2D eigenvalue weighted by molar-refractivity contribution is 6.27. The van der Waals surface area contributed by atoms with Crippen LogP contribution in [0.15, 0.2) is 48.5 Å². The first kappa shape index (κ1) is 30.3. The summed E-state index contributed by atoms with van der Waals surface area (Å²) < 4.78 is 11.7. The van der Waals surface area contributed by atoms with E-state index in [0.29, 0.717) is 29.9 Å². The molecule has 45 heavy (non-hydrogen) atoms. The second-order valence-electron chi connectivity index (χ2n) is 14.9. The zero-order chi connectivity index (χ0) is 31.7. The molecular weight excluding hydrogens is 590 g/mol. The molecule has 8 rings (SSSR count). The SMILES string of the molecule is CC(C)(C)OC(=O)[C@H]1Cc2c([nH]c3ccccc23)[C@H](c2ccc(OC(=O)[C@@H](N)C34C[C@H]5C[C@@H](C3)C[C@@H](C4)C5)cc2)N1C(=O)CCl. The summed E-state index contributed by atoms with van der Waals surface area (Å²) >= 11 is 6.15. The minimum atomic E-state index is -0.872. The number of rotatable bonds is 6. The second kappa shape index (κ2) is 11.2. The topological polar surface area (TPSA) is 115 Å². The number of nitrogens with one attached hydrogen (secondary N) is 1. The van der Waals surface area contributed by atoms with Gasteiger partial charge in [0.2, 0.25) is 5.91 Å². The third-order valence-electron chi connectivity index (χ3n) is 10.6. The molecule has 2 aromatic carbocycles. The van der Waals surface area contributed by atoms with E-state index in [-0.39, 0.29) is 23.2 Å². The lowest BCUT2D eigenvalue weighted by Crippen LogP contribution is -2.58. The van der Waals surface area contributed by atoms with Gasteiger partial charge < -0.3 is 25.1 Å². The molecule has 0 saturated heterocycles. The summed E-state index contributed by atoms with van der Waals surface area (Å²) in [4.78, 5) is 45.6. The fourth-order valence-corrected chi connectivity index (χ4v) is 9.41. The Kier molecular flexibility index (Phi) is 7.52. The average molecular weight is 632 g/mol. The van der Waals surface area contributed by atoms with Gasteiger partial charge in [-0.05, 0) is 112 Å². The van der Waals surface area contributed by atoms with Crippen molar-refractivity contribution >= 4 is 40.3 Å². The van der Waals surface area contributed by atoms with Crippen molar-refractivity contribution in [1.29, 1.82) is 0 Å². The standard InChI is InChI=1S/C36H42ClN3O5/c1-35(2,3)45-33(42)28-15-26-25-6-4-5-7-27(25)39-30(26)31(40(28)29(41)19-37)23-8-10-24(11-9-23)44-34(43)32(38)36-16-20-12-21(17-36)14-22(13-20)18-36/h4-11,20-22,28,31-32,39H,12-19,38H2,1-3H3/t20-,21+,22-,28-,31+,32-,36?/m1/s1. The van der Waals surface area contributed by atoms with Crippen LogP contribution in [0.3, 0.4) is 0 Å². The number of ether oxygens (including phenoxy) is 2. The Labute approximate surface area is 268 Å². The van der Waals surface area contributed by atoms with Crippen LogP contribution < -0.4 is 10.5 Å². The normalized spacial score (nSPS) is 29.4. The molecule has 3 atom stereocenters. The number of carbonyl (C=O) groups is 3. The number of amides is 1. The Morgan fingerprint density at radius 3 is 2.22 bits per heavy atom. The Morgan fingerprint density at radius 2 is 1.62 bits per heavy atom. The predicted octanol–water partition coefficient (Wildman–Crippen LogP) is 6.04. The summed E-state index contributed by atoms with van der Waals surface area (Å²) in [7, 11) is 0. The minimum Gasteiger partial charge on any atom is -0.458 e. The molecule has 8 nitrogen and oxygen atoms in total. The van der Waals surface area contributed by atoms with E-state index in [1.165, 1.54) is 19.3 Å². The number of benzene rings is 2. The van der Waals surface area contributed by atoms with Gasteiger partial charge in [0, 0.05) is 23.0 Å². The predicted molar refractivity (Wildman–Crippen MR) is 172 cm³/mol. The van der Waals surface area contributed by atoms with Crippen molar-refractivity contribution in [3.8, 4) is 5.75 Å². The van der Waals surface area contributed by atoms with Gasteiger partial charge in [-0.3, -0.25) is 4.79 Å². The van der Waals surface area contributed by atoms with Gasteiger partial charge in [0.05, 0.1) is 6.04 Å². The van der Waals surface area contributed by atoms with Crippen molar-refractivity contribution in [3.63, 3.8) is 0 Å². The van der Waals surface area contributed by atoms with Crippen molar-refractivity contribution < 1.29 is 23.9 Å². The van der Waals surface area contributed by atoms with E-state index in [2.05, 4.69) is 4.98 Å². The van der Waals surface area contributed by atoms with E-state index in [1.54, 1.807) is 17.0 Å². The zero-order valence-electron chi connectivity index (χ0n) is 26.2. The molecule has 5 aliphatic rings. The van der Waals surface area contributed by atoms with Crippen LogP contribution in [0.4, 0.5) is 0 Å². The lowest BCUT2D eigenvalue weighted by atomic mass is 9.48. The Hall–Kier alpha value is -3.36. The highest BCUT2D eigenvalue weighted by Crippen LogP contribution is 2.61. The van der Waals surface area contributed by atoms with Crippen LogP contribution >= 0.6 is 11.6 Å². The maximum atomic E-state index is 13.6. The Morgan fingerprint density at radius 1 is 1.00 bits per heavy atom. The van der Waals surface area contributed by atoms with Crippen LogP contribution in [0.25, 0.3) is 10.9 Å². The summed E-state index contributed by atoms with van der Waals surface area (Å²) in [5, 5.41) is 0.994. The maximum Gasteiger partial charge on any atom is 0.329 e. The molecule has 0 unspecified atom stereocenters. The third kappa shape index (κ3) is 5.44. The highest BCUT2D eigenvalue weighted by Gasteiger charge is 2.55. The lowest BCUT2D eigenvalue weighted by molar-refractivity contribution is -0.166. The van der Waals surface area contributed by atoms with E-state index in [9.17, 15) is 14.4 Å². The third-order valence-corrected chi connectivity index (χ3v) is 10.9. The second-order valence-corrected chi connectivity index (χ2v) is 15.2. The van der Waals surface area contributed by atoms with E-state index in [0.717, 1.165) is 47.0 Å². The molecule has 2 heterocycles. The molecule has 1 aromatic heterocycles. The molecule has 4 aliphatic carbocycles. The summed E-state index contributed by atoms with van der Waals surface area (Å²) in [5.74, 6) is 0.917. The molecule has 3 N–H and O–H groups in total. The molecule has 4 bridgehead atoms. The summed E-state index contributed by atoms with van der Waals surface area (Å²) in [6.07, 6.45) is 7.19. The quantitative estimate of drug-likeness (QED) is 0.195. The van der Waals surface area contributed by atoms with Gasteiger partial charge in [0.15, 0.2) is 0 Å². The molecule has 1 aliphatic heterocycles. The summed E-state index contributed by atoms with van der Waals surface area (Å²) in [6, 6.07) is 12.9. The van der Waals surface area contributed by atoms with Crippen molar-refractivity contribution in [2.24, 2.45) is 28.9 Å². The number of nitrogens with zero attached hydrogens (tertiary/aromatic N) is 1. The number of fused-ring (bicyclic) bond motifs is 3. The number of aromatic amines is 1. The van der Waals surface area contributed by atoms with Gasteiger partial charge in [0.1, 0.15) is 29.3 Å². The van der Waals surface area contributed by atoms with Crippen molar-refractivity contribution in [1.82, 2.24) is 9.88 Å².